The summed E-state index contributed by atoms with van der Waals surface area (Å²) in [7, 11) is 3.10. The van der Waals surface area contributed by atoms with Crippen LogP contribution in [0.3, 0.4) is 0 Å². The Balaban J connectivity index is 1.99. The summed E-state index contributed by atoms with van der Waals surface area (Å²) in [4.78, 5) is 29.4. The van der Waals surface area contributed by atoms with Crippen molar-refractivity contribution in [3.63, 3.8) is 0 Å². The van der Waals surface area contributed by atoms with Crippen molar-refractivity contribution >= 4 is 11.9 Å². The minimum Gasteiger partial charge on any atom is -0.464 e. The maximum Gasteiger partial charge on any atom is 0.471 e. The van der Waals surface area contributed by atoms with Crippen LogP contribution in [0.2, 0.25) is 0 Å². The van der Waals surface area contributed by atoms with Gasteiger partial charge >= 0.3 is 18.0 Å². The van der Waals surface area contributed by atoms with E-state index in [1.54, 1.807) is 43.4 Å². The molecule has 1 aromatic carbocycles. The first kappa shape index (κ1) is 27.3. The molecule has 0 atom stereocenters. The minimum absolute atomic E-state index is 0.0446. The van der Waals surface area contributed by atoms with Crippen LogP contribution < -0.4 is 0 Å². The average Bonchev–Trinajstić information content (AvgIpc) is 3.30. The first-order chi connectivity index (χ1) is 16.2. The number of hydrogen-bond donors (Lipinski definition) is 0. The third-order valence-corrected chi connectivity index (χ3v) is 4.70. The van der Waals surface area contributed by atoms with E-state index in [0.717, 1.165) is 5.56 Å². The van der Waals surface area contributed by atoms with Gasteiger partial charge in [-0.05, 0) is 18.4 Å². The van der Waals surface area contributed by atoms with E-state index in [0.29, 0.717) is 31.6 Å². The molecule has 1 heterocycles. The molecule has 0 aliphatic rings. The average molecular weight is 487 g/mol. The van der Waals surface area contributed by atoms with Crippen LogP contribution in [0.1, 0.15) is 37.1 Å². The summed E-state index contributed by atoms with van der Waals surface area (Å²) < 4.78 is 57.3. The molecule has 0 saturated carbocycles. The standard InChI is InChI=1S/C22H28F3N3O6/c1-31-12-3-5-18(29)28(11-14-33-19(30)6-4-13-32-2)15-16-7-9-17(10-8-16)20-26-21(34-27-20)22(23,24)25/h7-10H,3-6,11-15H2,1-2H3. The first-order valence-corrected chi connectivity index (χ1v) is 10.7. The number of carbonyl (C=O) groups excluding carboxylic acids is 2. The summed E-state index contributed by atoms with van der Waals surface area (Å²) in [6, 6.07) is 6.41. The zero-order chi connectivity index (χ0) is 25.0. The van der Waals surface area contributed by atoms with Gasteiger partial charge in [0.25, 0.3) is 0 Å². The van der Waals surface area contributed by atoms with Crippen LogP contribution in [0.15, 0.2) is 28.8 Å². The molecular formula is C22H28F3N3O6. The van der Waals surface area contributed by atoms with E-state index in [2.05, 4.69) is 14.7 Å². The zero-order valence-corrected chi connectivity index (χ0v) is 19.1. The van der Waals surface area contributed by atoms with Gasteiger partial charge in [0.05, 0.1) is 6.54 Å². The van der Waals surface area contributed by atoms with Crippen LogP contribution in [0, 0.1) is 0 Å². The molecule has 0 aliphatic heterocycles. The summed E-state index contributed by atoms with van der Waals surface area (Å²) in [5.74, 6) is -2.11. The fourth-order valence-corrected chi connectivity index (χ4v) is 2.96. The molecule has 0 saturated heterocycles. The van der Waals surface area contributed by atoms with Crippen LogP contribution in [0.25, 0.3) is 11.4 Å². The number of aromatic nitrogens is 2. The molecule has 0 aliphatic carbocycles. The Bertz CT molecular complexity index is 902. The maximum atomic E-state index is 12.7. The Morgan fingerprint density at radius 2 is 1.65 bits per heavy atom. The Morgan fingerprint density at radius 3 is 2.24 bits per heavy atom. The molecule has 188 valence electrons. The smallest absolute Gasteiger partial charge is 0.464 e. The summed E-state index contributed by atoms with van der Waals surface area (Å²) >= 11 is 0. The lowest BCUT2D eigenvalue weighted by Crippen LogP contribution is -2.34. The second-order valence-electron chi connectivity index (χ2n) is 7.35. The van der Waals surface area contributed by atoms with E-state index in [1.807, 2.05) is 0 Å². The third kappa shape index (κ3) is 9.10. The molecule has 0 N–H and O–H groups in total. The zero-order valence-electron chi connectivity index (χ0n) is 19.1. The number of halogens is 3. The van der Waals surface area contributed by atoms with Gasteiger partial charge < -0.3 is 23.6 Å². The van der Waals surface area contributed by atoms with Crippen LogP contribution >= 0.6 is 0 Å². The molecule has 1 aromatic heterocycles. The molecule has 34 heavy (non-hydrogen) atoms. The summed E-state index contributed by atoms with van der Waals surface area (Å²) in [5, 5.41) is 3.36. The van der Waals surface area contributed by atoms with Crippen molar-refractivity contribution in [3.8, 4) is 11.4 Å². The summed E-state index contributed by atoms with van der Waals surface area (Å²) in [6.07, 6.45) is -3.14. The van der Waals surface area contributed by atoms with Crippen molar-refractivity contribution in [3.05, 3.63) is 35.7 Å². The number of alkyl halides is 3. The first-order valence-electron chi connectivity index (χ1n) is 10.7. The number of ether oxygens (including phenoxy) is 3. The number of benzene rings is 1. The van der Waals surface area contributed by atoms with E-state index < -0.39 is 12.1 Å². The number of amides is 1. The topological polar surface area (TPSA) is 104 Å². The second kappa shape index (κ2) is 13.7. The number of rotatable bonds is 14. The number of nitrogens with zero attached hydrogens (tertiary/aromatic N) is 3. The van der Waals surface area contributed by atoms with Crippen LogP contribution in [-0.4, -0.2) is 67.5 Å². The van der Waals surface area contributed by atoms with Crippen molar-refractivity contribution in [2.45, 2.75) is 38.4 Å². The highest BCUT2D eigenvalue weighted by molar-refractivity contribution is 5.76. The molecule has 0 spiro atoms. The molecule has 0 bridgehead atoms. The van der Waals surface area contributed by atoms with Crippen molar-refractivity contribution < 1.29 is 41.5 Å². The Morgan fingerprint density at radius 1 is 1.00 bits per heavy atom. The van der Waals surface area contributed by atoms with Gasteiger partial charge in [0.1, 0.15) is 6.61 Å². The number of hydrogen-bond acceptors (Lipinski definition) is 8. The number of esters is 1. The van der Waals surface area contributed by atoms with E-state index in [4.69, 9.17) is 14.2 Å². The fourth-order valence-electron chi connectivity index (χ4n) is 2.96. The molecule has 9 nitrogen and oxygen atoms in total. The maximum absolute atomic E-state index is 12.7. The van der Waals surface area contributed by atoms with Crippen LogP contribution in [0.5, 0.6) is 0 Å². The molecule has 0 radical (unpaired) electrons. The normalized spacial score (nSPS) is 11.4. The molecule has 12 heteroatoms. The SMILES string of the molecule is COCCCC(=O)OCCN(Cc1ccc(-c2noc(C(F)(F)F)n2)cc1)C(=O)CCCOC. The molecule has 0 fully saturated rings. The van der Waals surface area contributed by atoms with Gasteiger partial charge in [0.15, 0.2) is 0 Å². The van der Waals surface area contributed by atoms with Crippen LogP contribution in [0.4, 0.5) is 13.2 Å². The van der Waals surface area contributed by atoms with E-state index in [9.17, 15) is 22.8 Å². The Kier molecular flexibility index (Phi) is 10.9. The Labute approximate surface area is 195 Å². The van der Waals surface area contributed by atoms with Gasteiger partial charge in [-0.1, -0.05) is 29.4 Å². The second-order valence-corrected chi connectivity index (χ2v) is 7.35. The lowest BCUT2D eigenvalue weighted by atomic mass is 10.1. The molecule has 2 rings (SSSR count). The summed E-state index contributed by atoms with van der Waals surface area (Å²) in [6.45, 7) is 1.36. The van der Waals surface area contributed by atoms with Crippen LogP contribution in [-0.2, 0) is 36.5 Å². The van der Waals surface area contributed by atoms with E-state index in [1.165, 1.54) is 0 Å². The quantitative estimate of drug-likeness (QED) is 0.295. The number of carbonyl (C=O) groups is 2. The van der Waals surface area contributed by atoms with Crippen molar-refractivity contribution in [1.82, 2.24) is 15.0 Å². The van der Waals surface area contributed by atoms with Gasteiger partial charge in [0, 0.05) is 52.4 Å². The lowest BCUT2D eigenvalue weighted by Gasteiger charge is -2.23. The molecule has 0 unspecified atom stereocenters. The van der Waals surface area contributed by atoms with Gasteiger partial charge in [-0.3, -0.25) is 9.59 Å². The van der Waals surface area contributed by atoms with Gasteiger partial charge in [-0.2, -0.15) is 18.2 Å². The van der Waals surface area contributed by atoms with E-state index in [-0.39, 0.29) is 50.2 Å². The van der Waals surface area contributed by atoms with E-state index >= 15 is 0 Å². The highest BCUT2D eigenvalue weighted by Crippen LogP contribution is 2.29. The molecule has 1 amide bonds. The highest BCUT2D eigenvalue weighted by atomic mass is 19.4. The van der Waals surface area contributed by atoms with Crippen molar-refractivity contribution in [1.29, 1.82) is 0 Å². The van der Waals surface area contributed by atoms with Crippen molar-refractivity contribution in [2.75, 3.05) is 40.6 Å². The van der Waals surface area contributed by atoms with Gasteiger partial charge in [0.2, 0.25) is 11.7 Å². The summed E-state index contributed by atoms with van der Waals surface area (Å²) in [5.41, 5.74) is 1.07. The minimum atomic E-state index is -4.72. The monoisotopic (exact) mass is 487 g/mol. The third-order valence-electron chi connectivity index (χ3n) is 4.70. The predicted octanol–water partition coefficient (Wildman–Crippen LogP) is 3.48. The van der Waals surface area contributed by atoms with Gasteiger partial charge in [-0.15, -0.1) is 0 Å². The number of methoxy groups -OCH3 is 2. The molecule has 2 aromatic rings. The Hall–Kier alpha value is -2.99. The lowest BCUT2D eigenvalue weighted by molar-refractivity contribution is -0.159. The largest absolute Gasteiger partial charge is 0.471 e. The highest BCUT2D eigenvalue weighted by Gasteiger charge is 2.38. The predicted molar refractivity (Wildman–Crippen MR) is 113 cm³/mol. The van der Waals surface area contributed by atoms with Crippen molar-refractivity contribution in [2.24, 2.45) is 0 Å². The van der Waals surface area contributed by atoms with Gasteiger partial charge in [-0.25, -0.2) is 0 Å². The molecular weight excluding hydrogens is 459 g/mol. The fraction of sp³-hybridized carbons (Fsp3) is 0.545.